The van der Waals surface area contributed by atoms with E-state index in [1.807, 2.05) is 0 Å². The second-order valence-corrected chi connectivity index (χ2v) is 9.65. The van der Waals surface area contributed by atoms with Crippen molar-refractivity contribution in [1.82, 2.24) is 4.90 Å². The molecule has 1 saturated heterocycles. The minimum atomic E-state index is -1.08. The second-order valence-electron chi connectivity index (χ2n) is 9.65. The summed E-state index contributed by atoms with van der Waals surface area (Å²) in [6.45, 7) is 4.25. The van der Waals surface area contributed by atoms with E-state index in [2.05, 4.69) is 4.74 Å². The van der Waals surface area contributed by atoms with Crippen LogP contribution in [0.4, 0.5) is 13.6 Å². The lowest BCUT2D eigenvalue weighted by Crippen LogP contribution is -2.50. The van der Waals surface area contributed by atoms with Gasteiger partial charge in [-0.05, 0) is 75.8 Å². The number of nitrogens with zero attached hydrogens (tertiary/aromatic N) is 1. The molecule has 0 N–H and O–H groups in total. The molecule has 1 aliphatic heterocycles. The molecular formula is C24H33F2NO5. The fraction of sp³-hybridized carbons (Fsp3) is 0.667. The zero-order valence-corrected chi connectivity index (χ0v) is 19.1. The lowest BCUT2D eigenvalue weighted by Gasteiger charge is -2.52. The molecule has 1 aromatic carbocycles. The second kappa shape index (κ2) is 10.0. The Balaban J connectivity index is 1.33. The summed E-state index contributed by atoms with van der Waals surface area (Å²) in [4.78, 5) is 25.3. The number of esters is 1. The quantitative estimate of drug-likeness (QED) is 0.402. The first-order valence-corrected chi connectivity index (χ1v) is 11.2. The van der Waals surface area contributed by atoms with Crippen molar-refractivity contribution >= 4 is 12.1 Å². The van der Waals surface area contributed by atoms with Gasteiger partial charge in [0, 0.05) is 19.2 Å². The van der Waals surface area contributed by atoms with Crippen molar-refractivity contribution in [1.29, 1.82) is 0 Å². The van der Waals surface area contributed by atoms with Crippen molar-refractivity contribution in [3.8, 4) is 5.75 Å². The largest absolute Gasteiger partial charge is 0.493 e. The fourth-order valence-corrected chi connectivity index (χ4v) is 4.69. The van der Waals surface area contributed by atoms with Crippen LogP contribution in [0.25, 0.3) is 0 Å². The van der Waals surface area contributed by atoms with Crippen molar-refractivity contribution in [2.45, 2.75) is 58.0 Å². The van der Waals surface area contributed by atoms with Crippen molar-refractivity contribution < 1.29 is 32.6 Å². The molecule has 1 aromatic rings. The lowest BCUT2D eigenvalue weighted by molar-refractivity contribution is -0.0379. The smallest absolute Gasteiger partial charge is 0.410 e. The van der Waals surface area contributed by atoms with Gasteiger partial charge in [0.05, 0.1) is 19.3 Å². The van der Waals surface area contributed by atoms with Gasteiger partial charge in [0.2, 0.25) is 0 Å². The minimum absolute atomic E-state index is 0.106. The van der Waals surface area contributed by atoms with Crippen LogP contribution in [0.3, 0.4) is 0 Å². The SMILES string of the molecule is COC(=O)c1ccc(OCCCC2CC3(CCN(C(=O)OC(C)(C)CF)CC3)C2)cc1F. The highest BCUT2D eigenvalue weighted by Crippen LogP contribution is 2.54. The van der Waals surface area contributed by atoms with Crippen LogP contribution in [0.2, 0.25) is 0 Å². The van der Waals surface area contributed by atoms with Crippen molar-refractivity contribution in [2.24, 2.45) is 11.3 Å². The number of likely N-dealkylation sites (tertiary alicyclic amines) is 1. The number of hydrogen-bond donors (Lipinski definition) is 0. The van der Waals surface area contributed by atoms with E-state index < -0.39 is 30.2 Å². The molecule has 1 aliphatic carbocycles. The third-order valence-corrected chi connectivity index (χ3v) is 6.58. The number of carbonyl (C=O) groups is 2. The van der Waals surface area contributed by atoms with E-state index in [9.17, 15) is 18.4 Å². The minimum Gasteiger partial charge on any atom is -0.493 e. The Morgan fingerprint density at radius 2 is 1.91 bits per heavy atom. The van der Waals surface area contributed by atoms with E-state index in [4.69, 9.17) is 9.47 Å². The van der Waals surface area contributed by atoms with Gasteiger partial charge in [-0.2, -0.15) is 0 Å². The fourth-order valence-electron chi connectivity index (χ4n) is 4.69. The first-order chi connectivity index (χ1) is 15.2. The predicted molar refractivity (Wildman–Crippen MR) is 115 cm³/mol. The van der Waals surface area contributed by atoms with Crippen LogP contribution in [0, 0.1) is 17.2 Å². The first-order valence-electron chi connectivity index (χ1n) is 11.2. The first kappa shape index (κ1) is 24.3. The Morgan fingerprint density at radius 3 is 2.50 bits per heavy atom. The number of methoxy groups -OCH3 is 1. The molecule has 2 fully saturated rings. The Labute approximate surface area is 188 Å². The summed E-state index contributed by atoms with van der Waals surface area (Å²) in [5, 5.41) is 0. The topological polar surface area (TPSA) is 65.1 Å². The summed E-state index contributed by atoms with van der Waals surface area (Å²) >= 11 is 0. The number of halogens is 2. The van der Waals surface area contributed by atoms with Gasteiger partial charge in [0.25, 0.3) is 0 Å². The average molecular weight is 454 g/mol. The molecular weight excluding hydrogens is 420 g/mol. The van der Waals surface area contributed by atoms with E-state index in [-0.39, 0.29) is 5.56 Å². The van der Waals surface area contributed by atoms with Gasteiger partial charge in [0.1, 0.15) is 23.8 Å². The summed E-state index contributed by atoms with van der Waals surface area (Å²) in [5.74, 6) is -0.325. The van der Waals surface area contributed by atoms with Gasteiger partial charge in [0.15, 0.2) is 0 Å². The van der Waals surface area contributed by atoms with Gasteiger partial charge < -0.3 is 19.1 Å². The Bertz CT molecular complexity index is 813. The van der Waals surface area contributed by atoms with Gasteiger partial charge in [-0.15, -0.1) is 0 Å². The molecule has 3 rings (SSSR count). The molecule has 0 bridgehead atoms. The molecule has 1 saturated carbocycles. The third-order valence-electron chi connectivity index (χ3n) is 6.58. The summed E-state index contributed by atoms with van der Waals surface area (Å²) in [6.07, 6.45) is 5.70. The molecule has 1 amide bonds. The normalized spacial score (nSPS) is 18.2. The van der Waals surface area contributed by atoms with Crippen molar-refractivity contribution in [3.05, 3.63) is 29.6 Å². The third kappa shape index (κ3) is 5.90. The Hall–Kier alpha value is -2.38. The maximum Gasteiger partial charge on any atom is 0.410 e. The van der Waals surface area contributed by atoms with Crippen LogP contribution in [-0.4, -0.2) is 56.0 Å². The van der Waals surface area contributed by atoms with Gasteiger partial charge >= 0.3 is 12.1 Å². The van der Waals surface area contributed by atoms with E-state index in [1.54, 1.807) is 24.8 Å². The lowest BCUT2D eigenvalue weighted by atomic mass is 9.56. The van der Waals surface area contributed by atoms with Crippen molar-refractivity contribution in [3.63, 3.8) is 0 Å². The monoisotopic (exact) mass is 453 g/mol. The van der Waals surface area contributed by atoms with Crippen LogP contribution >= 0.6 is 0 Å². The summed E-state index contributed by atoms with van der Waals surface area (Å²) < 4.78 is 42.2. The van der Waals surface area contributed by atoms with Crippen LogP contribution in [0.5, 0.6) is 5.75 Å². The maximum absolute atomic E-state index is 13.9. The maximum atomic E-state index is 13.9. The molecule has 2 aliphatic rings. The average Bonchev–Trinajstić information content (AvgIpc) is 2.75. The number of rotatable bonds is 8. The van der Waals surface area contributed by atoms with Gasteiger partial charge in [-0.3, -0.25) is 0 Å². The molecule has 0 atom stereocenters. The van der Waals surface area contributed by atoms with E-state index >= 15 is 0 Å². The summed E-state index contributed by atoms with van der Waals surface area (Å²) in [6, 6.07) is 4.14. The number of hydrogen-bond acceptors (Lipinski definition) is 5. The van der Waals surface area contributed by atoms with Gasteiger partial charge in [-0.1, -0.05) is 0 Å². The highest BCUT2D eigenvalue weighted by molar-refractivity contribution is 5.89. The number of ether oxygens (including phenoxy) is 3. The molecule has 0 aromatic heterocycles. The van der Waals surface area contributed by atoms with Gasteiger partial charge in [-0.25, -0.2) is 18.4 Å². The number of benzene rings is 1. The van der Waals surface area contributed by atoms with E-state index in [0.29, 0.717) is 36.8 Å². The predicted octanol–water partition coefficient (Wildman–Crippen LogP) is 5.15. The molecule has 1 spiro atoms. The zero-order valence-electron chi connectivity index (χ0n) is 19.1. The standard InChI is InChI=1S/C24H33F2NO5/c1-23(2,16-25)32-22(29)27-10-8-24(9-11-27)14-17(15-24)5-4-12-31-18-6-7-19(20(26)13-18)21(28)30-3/h6-7,13,17H,4-5,8-12,14-16H2,1-3H3. The van der Waals surface area contributed by atoms with Crippen LogP contribution in [0.15, 0.2) is 18.2 Å². The van der Waals surface area contributed by atoms with Crippen molar-refractivity contribution in [2.75, 3.05) is 33.5 Å². The molecule has 32 heavy (non-hydrogen) atoms. The van der Waals surface area contributed by atoms with Crippen LogP contribution in [-0.2, 0) is 9.47 Å². The number of alkyl halides is 1. The number of piperidine rings is 1. The summed E-state index contributed by atoms with van der Waals surface area (Å²) in [5.41, 5.74) is -0.875. The van der Waals surface area contributed by atoms with Crippen LogP contribution in [0.1, 0.15) is 62.7 Å². The number of carbonyl (C=O) groups excluding carboxylic acids is 2. The Morgan fingerprint density at radius 1 is 1.22 bits per heavy atom. The highest BCUT2D eigenvalue weighted by atomic mass is 19.1. The molecule has 0 radical (unpaired) electrons. The van der Waals surface area contributed by atoms with E-state index in [1.165, 1.54) is 19.2 Å². The highest BCUT2D eigenvalue weighted by Gasteiger charge is 2.46. The van der Waals surface area contributed by atoms with E-state index in [0.717, 1.165) is 38.5 Å². The molecule has 0 unspecified atom stereocenters. The molecule has 6 nitrogen and oxygen atoms in total. The molecule has 1 heterocycles. The number of amides is 1. The Kier molecular flexibility index (Phi) is 7.62. The van der Waals surface area contributed by atoms with Crippen LogP contribution < -0.4 is 4.74 Å². The molecule has 8 heteroatoms. The molecule has 178 valence electrons. The zero-order chi connectivity index (χ0) is 23.4. The summed E-state index contributed by atoms with van der Waals surface area (Å²) in [7, 11) is 1.21.